The predicted molar refractivity (Wildman–Crippen MR) is 53.4 cm³/mol. The molecule has 0 bridgehead atoms. The van der Waals surface area contributed by atoms with Gasteiger partial charge in [-0.05, 0) is 11.8 Å². The topological polar surface area (TPSA) is 34.1 Å². The quantitative estimate of drug-likeness (QED) is 0.653. The van der Waals surface area contributed by atoms with Gasteiger partial charge in [0.1, 0.15) is 0 Å². The Balaban J connectivity index is 4.05. The van der Waals surface area contributed by atoms with Gasteiger partial charge in [-0.15, -0.1) is 11.6 Å². The van der Waals surface area contributed by atoms with Crippen molar-refractivity contribution >= 4 is 21.4 Å². The van der Waals surface area contributed by atoms with E-state index in [1.54, 1.807) is 0 Å². The zero-order valence-electron chi connectivity index (χ0n) is 7.88. The van der Waals surface area contributed by atoms with E-state index in [9.17, 15) is 8.42 Å². The van der Waals surface area contributed by atoms with Gasteiger partial charge in [-0.1, -0.05) is 20.8 Å². The van der Waals surface area contributed by atoms with Crippen LogP contribution in [0.2, 0.25) is 0 Å². The van der Waals surface area contributed by atoms with Gasteiger partial charge in [0.15, 0.2) is 9.84 Å². The second-order valence-electron chi connectivity index (χ2n) is 3.73. The molecule has 1 unspecified atom stereocenters. The molecule has 0 radical (unpaired) electrons. The van der Waals surface area contributed by atoms with Gasteiger partial charge in [-0.25, -0.2) is 8.42 Å². The summed E-state index contributed by atoms with van der Waals surface area (Å²) in [5.41, 5.74) is 0. The van der Waals surface area contributed by atoms with E-state index < -0.39 is 9.84 Å². The van der Waals surface area contributed by atoms with Crippen molar-refractivity contribution in [2.45, 2.75) is 20.8 Å². The van der Waals surface area contributed by atoms with Crippen LogP contribution in [0.5, 0.6) is 0 Å². The fourth-order valence-electron chi connectivity index (χ4n) is 1.05. The van der Waals surface area contributed by atoms with Crippen molar-refractivity contribution in [1.82, 2.24) is 0 Å². The molecule has 0 spiro atoms. The van der Waals surface area contributed by atoms with E-state index >= 15 is 0 Å². The third-order valence-corrected chi connectivity index (χ3v) is 4.17. The van der Waals surface area contributed by atoms with E-state index in [4.69, 9.17) is 11.6 Å². The lowest BCUT2D eigenvalue weighted by atomic mass is 10.3. The van der Waals surface area contributed by atoms with Crippen molar-refractivity contribution in [2.75, 3.05) is 17.4 Å². The fourth-order valence-corrected chi connectivity index (χ4v) is 3.43. The van der Waals surface area contributed by atoms with E-state index in [1.165, 1.54) is 0 Å². The monoisotopic (exact) mass is 212 g/mol. The second kappa shape index (κ2) is 5.07. The maximum Gasteiger partial charge on any atom is 0.150 e. The van der Waals surface area contributed by atoms with Crippen molar-refractivity contribution in [2.24, 2.45) is 11.8 Å². The first-order valence-corrected chi connectivity index (χ1v) is 6.49. The third-order valence-electron chi connectivity index (χ3n) is 1.39. The van der Waals surface area contributed by atoms with Crippen molar-refractivity contribution in [1.29, 1.82) is 0 Å². The lowest BCUT2D eigenvalue weighted by Gasteiger charge is -2.09. The first-order valence-electron chi connectivity index (χ1n) is 4.13. The molecule has 12 heavy (non-hydrogen) atoms. The molecule has 4 heteroatoms. The molecule has 74 valence electrons. The summed E-state index contributed by atoms with van der Waals surface area (Å²) in [7, 11) is -2.88. The Bertz CT molecular complexity index is 209. The highest BCUT2D eigenvalue weighted by Crippen LogP contribution is 2.07. The largest absolute Gasteiger partial charge is 0.229 e. The van der Waals surface area contributed by atoms with E-state index in [0.717, 1.165) is 0 Å². The maximum absolute atomic E-state index is 11.4. The predicted octanol–water partition coefficient (Wildman–Crippen LogP) is 1.93. The highest BCUT2D eigenvalue weighted by Gasteiger charge is 2.16. The van der Waals surface area contributed by atoms with Gasteiger partial charge in [0, 0.05) is 5.88 Å². The maximum atomic E-state index is 11.4. The van der Waals surface area contributed by atoms with Crippen LogP contribution < -0.4 is 0 Å². The van der Waals surface area contributed by atoms with Gasteiger partial charge in [-0.2, -0.15) is 0 Å². The van der Waals surface area contributed by atoms with Gasteiger partial charge in [-0.3, -0.25) is 0 Å². The van der Waals surface area contributed by atoms with Gasteiger partial charge >= 0.3 is 0 Å². The van der Waals surface area contributed by atoms with Crippen LogP contribution in [0, 0.1) is 11.8 Å². The van der Waals surface area contributed by atoms with Crippen LogP contribution in [0.15, 0.2) is 0 Å². The molecule has 0 heterocycles. The summed E-state index contributed by atoms with van der Waals surface area (Å²) in [5.74, 6) is 1.17. The average Bonchev–Trinajstić information content (AvgIpc) is 1.83. The lowest BCUT2D eigenvalue weighted by Crippen LogP contribution is -2.20. The van der Waals surface area contributed by atoms with Crippen LogP contribution in [0.25, 0.3) is 0 Å². The van der Waals surface area contributed by atoms with Crippen LogP contribution >= 0.6 is 11.6 Å². The number of rotatable bonds is 5. The van der Waals surface area contributed by atoms with Gasteiger partial charge in [0.25, 0.3) is 0 Å². The van der Waals surface area contributed by atoms with Crippen LogP contribution in [0.4, 0.5) is 0 Å². The molecule has 0 aliphatic heterocycles. The van der Waals surface area contributed by atoms with E-state index in [1.807, 2.05) is 20.8 Å². The summed E-state index contributed by atoms with van der Waals surface area (Å²) < 4.78 is 22.7. The molecule has 0 aromatic rings. The molecule has 0 aliphatic rings. The normalized spacial score (nSPS) is 15.1. The summed E-state index contributed by atoms with van der Waals surface area (Å²) in [6, 6.07) is 0. The van der Waals surface area contributed by atoms with Crippen LogP contribution in [-0.2, 0) is 9.84 Å². The van der Waals surface area contributed by atoms with Gasteiger partial charge < -0.3 is 0 Å². The summed E-state index contributed by atoms with van der Waals surface area (Å²) in [5, 5.41) is 0. The number of hydrogen-bond donors (Lipinski definition) is 0. The molecule has 0 aromatic carbocycles. The first-order chi connectivity index (χ1) is 5.37. The molecular formula is C8H17ClO2S. The molecule has 0 saturated carbocycles. The number of halogens is 1. The molecule has 2 nitrogen and oxygen atoms in total. The Hall–Kier alpha value is 0.240. The molecule has 0 fully saturated rings. The minimum absolute atomic E-state index is 0.0652. The second-order valence-corrected chi connectivity index (χ2v) is 6.19. The number of sulfone groups is 1. The van der Waals surface area contributed by atoms with Gasteiger partial charge in [0.2, 0.25) is 0 Å². The van der Waals surface area contributed by atoms with Crippen molar-refractivity contribution in [3.8, 4) is 0 Å². The minimum atomic E-state index is -2.88. The Morgan fingerprint density at radius 2 is 1.67 bits per heavy atom. The van der Waals surface area contributed by atoms with E-state index in [0.29, 0.717) is 5.88 Å². The standard InChI is InChI=1S/C8H17ClO2S/c1-7(2)5-12(10,11)6-8(3)4-9/h7-8H,4-6H2,1-3H3. The Morgan fingerprint density at radius 3 is 2.00 bits per heavy atom. The van der Waals surface area contributed by atoms with Crippen LogP contribution in [0.1, 0.15) is 20.8 Å². The van der Waals surface area contributed by atoms with Crippen molar-refractivity contribution in [3.05, 3.63) is 0 Å². The zero-order valence-corrected chi connectivity index (χ0v) is 9.45. The molecule has 0 amide bonds. The summed E-state index contributed by atoms with van der Waals surface area (Å²) >= 11 is 5.53. The minimum Gasteiger partial charge on any atom is -0.229 e. The van der Waals surface area contributed by atoms with Crippen LogP contribution in [-0.4, -0.2) is 25.8 Å². The lowest BCUT2D eigenvalue weighted by molar-refractivity contribution is 0.570. The fraction of sp³-hybridized carbons (Fsp3) is 1.00. The van der Waals surface area contributed by atoms with Crippen molar-refractivity contribution in [3.63, 3.8) is 0 Å². The smallest absolute Gasteiger partial charge is 0.150 e. The third kappa shape index (κ3) is 5.84. The highest BCUT2D eigenvalue weighted by molar-refractivity contribution is 7.91. The summed E-state index contributed by atoms with van der Waals surface area (Å²) in [4.78, 5) is 0. The number of hydrogen-bond acceptors (Lipinski definition) is 2. The zero-order chi connectivity index (χ0) is 9.78. The Morgan fingerprint density at radius 1 is 1.17 bits per heavy atom. The van der Waals surface area contributed by atoms with Crippen LogP contribution in [0.3, 0.4) is 0 Å². The molecule has 0 aliphatic carbocycles. The Kier molecular flexibility index (Phi) is 5.18. The van der Waals surface area contributed by atoms with Gasteiger partial charge in [0.05, 0.1) is 11.5 Å². The molecule has 0 saturated heterocycles. The highest BCUT2D eigenvalue weighted by atomic mass is 35.5. The summed E-state index contributed by atoms with van der Waals surface area (Å²) in [6.07, 6.45) is 0. The van der Waals surface area contributed by atoms with Crippen molar-refractivity contribution < 1.29 is 8.42 Å². The first kappa shape index (κ1) is 12.2. The average molecular weight is 213 g/mol. The molecular weight excluding hydrogens is 196 g/mol. The molecule has 1 atom stereocenters. The molecule has 0 aromatic heterocycles. The Labute approximate surface area is 80.2 Å². The van der Waals surface area contributed by atoms with E-state index in [2.05, 4.69) is 0 Å². The molecule has 0 rings (SSSR count). The van der Waals surface area contributed by atoms with E-state index in [-0.39, 0.29) is 23.3 Å². The number of alkyl halides is 1. The SMILES string of the molecule is CC(C)CS(=O)(=O)CC(C)CCl. The molecule has 0 N–H and O–H groups in total. The summed E-state index contributed by atoms with van der Waals surface area (Å²) in [6.45, 7) is 5.66.